The van der Waals surface area contributed by atoms with Crippen molar-refractivity contribution in [3.8, 4) is 5.75 Å². The SMILES string of the molecule is COc1ccc(CN(c2cscn2)S(=O)(=O)c2ncc(NC3CCN(C(=O)OC(C)(C)C)C3)c(C)c2F)cc1. The molecule has 13 heteroatoms. The van der Waals surface area contributed by atoms with Gasteiger partial charge >= 0.3 is 6.09 Å². The fourth-order valence-electron chi connectivity index (χ4n) is 4.09. The Kier molecular flexibility index (Phi) is 8.31. The molecule has 1 atom stereocenters. The van der Waals surface area contributed by atoms with Crippen LogP contribution in [-0.4, -0.2) is 61.2 Å². The number of hydrogen-bond acceptors (Lipinski definition) is 9. The molecule has 1 aliphatic heterocycles. The summed E-state index contributed by atoms with van der Waals surface area (Å²) in [6.45, 7) is 7.69. The molecule has 0 bridgehead atoms. The number of anilines is 2. The van der Waals surface area contributed by atoms with Gasteiger partial charge in [-0.1, -0.05) is 12.1 Å². The third-order valence-electron chi connectivity index (χ3n) is 6.13. The molecule has 1 N–H and O–H groups in total. The van der Waals surface area contributed by atoms with Gasteiger partial charge in [0.1, 0.15) is 11.4 Å². The first kappa shape index (κ1) is 28.6. The molecular weight excluding hydrogens is 545 g/mol. The van der Waals surface area contributed by atoms with E-state index in [4.69, 9.17) is 9.47 Å². The number of ether oxygens (including phenoxy) is 2. The predicted octanol–water partition coefficient (Wildman–Crippen LogP) is 4.81. The quantitative estimate of drug-likeness (QED) is 0.406. The zero-order valence-electron chi connectivity index (χ0n) is 22.5. The second kappa shape index (κ2) is 11.3. The van der Waals surface area contributed by atoms with Crippen LogP contribution in [0.2, 0.25) is 0 Å². The van der Waals surface area contributed by atoms with Gasteiger partial charge in [0.05, 0.1) is 31.0 Å². The summed E-state index contributed by atoms with van der Waals surface area (Å²) in [7, 11) is -2.87. The molecule has 1 saturated heterocycles. The first-order valence-electron chi connectivity index (χ1n) is 12.3. The molecule has 0 saturated carbocycles. The topological polar surface area (TPSA) is 114 Å². The zero-order chi connectivity index (χ0) is 28.4. The number of halogens is 1. The highest BCUT2D eigenvalue weighted by atomic mass is 32.2. The molecule has 1 fully saturated rings. The molecule has 210 valence electrons. The van der Waals surface area contributed by atoms with Gasteiger partial charge in [-0.3, -0.25) is 0 Å². The van der Waals surface area contributed by atoms with Gasteiger partial charge in [0.15, 0.2) is 11.6 Å². The number of methoxy groups -OCH3 is 1. The van der Waals surface area contributed by atoms with Crippen LogP contribution in [0.3, 0.4) is 0 Å². The molecule has 3 aromatic rings. The lowest BCUT2D eigenvalue weighted by atomic mass is 10.2. The molecule has 1 aromatic carbocycles. The maximum atomic E-state index is 15.6. The van der Waals surface area contributed by atoms with Gasteiger partial charge in [-0.25, -0.2) is 23.5 Å². The predicted molar refractivity (Wildman–Crippen MR) is 147 cm³/mol. The Bertz CT molecular complexity index is 1410. The molecule has 0 aliphatic carbocycles. The molecule has 4 rings (SSSR count). The molecule has 0 radical (unpaired) electrons. The van der Waals surface area contributed by atoms with E-state index in [1.807, 2.05) is 0 Å². The summed E-state index contributed by atoms with van der Waals surface area (Å²) in [5, 5.41) is 4.10. The number of carbonyl (C=O) groups is 1. The number of nitrogens with one attached hydrogen (secondary N) is 1. The number of pyridine rings is 1. The molecule has 1 amide bonds. The third kappa shape index (κ3) is 6.59. The van der Waals surface area contributed by atoms with Crippen molar-refractivity contribution in [3.63, 3.8) is 0 Å². The highest BCUT2D eigenvalue weighted by Crippen LogP contribution is 2.30. The van der Waals surface area contributed by atoms with Gasteiger partial charge in [-0.05, 0) is 51.8 Å². The second-order valence-corrected chi connectivity index (χ2v) is 12.7. The summed E-state index contributed by atoms with van der Waals surface area (Å²) in [6.07, 6.45) is 1.53. The van der Waals surface area contributed by atoms with E-state index in [1.165, 1.54) is 30.0 Å². The van der Waals surface area contributed by atoms with Crippen LogP contribution in [0.1, 0.15) is 38.3 Å². The van der Waals surface area contributed by atoms with Crippen molar-refractivity contribution >= 4 is 39.0 Å². The summed E-state index contributed by atoms with van der Waals surface area (Å²) < 4.78 is 54.7. The van der Waals surface area contributed by atoms with Crippen LogP contribution >= 0.6 is 11.3 Å². The maximum absolute atomic E-state index is 15.6. The second-order valence-electron chi connectivity index (χ2n) is 10.2. The number of thiazole rings is 1. The molecular formula is C26H32FN5O5S2. The first-order chi connectivity index (χ1) is 18.4. The van der Waals surface area contributed by atoms with Crippen molar-refractivity contribution in [2.45, 2.75) is 57.3 Å². The highest BCUT2D eigenvalue weighted by molar-refractivity contribution is 7.92. The van der Waals surface area contributed by atoms with Crippen LogP contribution in [0.15, 0.2) is 46.4 Å². The zero-order valence-corrected chi connectivity index (χ0v) is 24.1. The average Bonchev–Trinajstić information content (AvgIpc) is 3.57. The molecule has 39 heavy (non-hydrogen) atoms. The number of sulfonamides is 1. The van der Waals surface area contributed by atoms with Crippen LogP contribution in [0, 0.1) is 12.7 Å². The Morgan fingerprint density at radius 3 is 2.59 bits per heavy atom. The van der Waals surface area contributed by atoms with E-state index in [9.17, 15) is 13.2 Å². The number of benzene rings is 1. The smallest absolute Gasteiger partial charge is 0.410 e. The van der Waals surface area contributed by atoms with Gasteiger partial charge in [0.2, 0.25) is 5.03 Å². The Hall–Kier alpha value is -3.45. The van der Waals surface area contributed by atoms with Crippen LogP contribution in [0.5, 0.6) is 5.75 Å². The molecule has 2 aromatic heterocycles. The normalized spacial score (nSPS) is 15.7. The number of amides is 1. The van der Waals surface area contributed by atoms with E-state index < -0.39 is 32.6 Å². The van der Waals surface area contributed by atoms with Gasteiger partial charge in [-0.2, -0.15) is 8.42 Å². The summed E-state index contributed by atoms with van der Waals surface area (Å²) in [5.41, 5.74) is 2.04. The van der Waals surface area contributed by atoms with Gasteiger partial charge in [0, 0.05) is 30.1 Å². The first-order valence-corrected chi connectivity index (χ1v) is 14.7. The molecule has 3 heterocycles. The molecule has 0 spiro atoms. The average molecular weight is 578 g/mol. The molecule has 10 nitrogen and oxygen atoms in total. The minimum absolute atomic E-state index is 0.0706. The summed E-state index contributed by atoms with van der Waals surface area (Å²) >= 11 is 1.23. The lowest BCUT2D eigenvalue weighted by molar-refractivity contribution is 0.0293. The number of nitrogens with zero attached hydrogens (tertiary/aromatic N) is 4. The summed E-state index contributed by atoms with van der Waals surface area (Å²) in [6, 6.07) is 6.74. The highest BCUT2D eigenvalue weighted by Gasteiger charge is 2.34. The van der Waals surface area contributed by atoms with E-state index in [-0.39, 0.29) is 24.0 Å². The van der Waals surface area contributed by atoms with Crippen molar-refractivity contribution in [2.75, 3.05) is 29.8 Å². The number of carbonyl (C=O) groups excluding carboxylic acids is 1. The number of hydrogen-bond donors (Lipinski definition) is 1. The van der Waals surface area contributed by atoms with Gasteiger partial charge < -0.3 is 19.7 Å². The molecule has 1 aliphatic rings. The van der Waals surface area contributed by atoms with Crippen molar-refractivity contribution in [1.29, 1.82) is 0 Å². The fraction of sp³-hybridized carbons (Fsp3) is 0.423. The van der Waals surface area contributed by atoms with E-state index in [0.29, 0.717) is 36.5 Å². The van der Waals surface area contributed by atoms with E-state index in [0.717, 1.165) is 4.31 Å². The Balaban J connectivity index is 1.55. The van der Waals surface area contributed by atoms with E-state index in [1.54, 1.807) is 62.4 Å². The Labute approximate surface area is 231 Å². The number of rotatable bonds is 8. The lowest BCUT2D eigenvalue weighted by Crippen LogP contribution is -2.36. The van der Waals surface area contributed by atoms with Crippen LogP contribution in [0.25, 0.3) is 0 Å². The number of aromatic nitrogens is 2. The van der Waals surface area contributed by atoms with E-state index in [2.05, 4.69) is 15.3 Å². The van der Waals surface area contributed by atoms with Crippen LogP contribution in [-0.2, 0) is 21.3 Å². The van der Waals surface area contributed by atoms with Crippen LogP contribution in [0.4, 0.5) is 20.7 Å². The molecule has 1 unspecified atom stereocenters. The van der Waals surface area contributed by atoms with E-state index >= 15 is 4.39 Å². The van der Waals surface area contributed by atoms with Gasteiger partial charge in [-0.15, -0.1) is 11.3 Å². The van der Waals surface area contributed by atoms with Crippen molar-refractivity contribution in [3.05, 3.63) is 58.3 Å². The number of likely N-dealkylation sites (tertiary alicyclic amines) is 1. The Morgan fingerprint density at radius 1 is 1.26 bits per heavy atom. The van der Waals surface area contributed by atoms with Crippen molar-refractivity contribution in [1.82, 2.24) is 14.9 Å². The summed E-state index contributed by atoms with van der Waals surface area (Å²) in [4.78, 5) is 22.2. The largest absolute Gasteiger partial charge is 0.497 e. The lowest BCUT2D eigenvalue weighted by Gasteiger charge is -2.25. The van der Waals surface area contributed by atoms with Gasteiger partial charge in [0.25, 0.3) is 10.0 Å². The van der Waals surface area contributed by atoms with Crippen molar-refractivity contribution < 1.29 is 27.1 Å². The monoisotopic (exact) mass is 577 g/mol. The standard InChI is InChI=1S/C26H32FN5O5S2/c1-17-21(30-19-10-11-31(14-19)25(33)37-26(2,3)4)12-28-24(23(17)27)39(34,35)32(22-15-38-16-29-22)13-18-6-8-20(36-5)9-7-18/h6-9,12,15-16,19,30H,10-11,13-14H2,1-5H3. The fourth-order valence-corrected chi connectivity index (χ4v) is 6.14. The van der Waals surface area contributed by atoms with Crippen LogP contribution < -0.4 is 14.4 Å². The third-order valence-corrected chi connectivity index (χ3v) is 8.37. The minimum atomic E-state index is -4.41. The minimum Gasteiger partial charge on any atom is -0.497 e. The Morgan fingerprint density at radius 2 is 1.97 bits per heavy atom. The summed E-state index contributed by atoms with van der Waals surface area (Å²) in [5.74, 6) is -0.147. The maximum Gasteiger partial charge on any atom is 0.410 e. The van der Waals surface area contributed by atoms with Crippen molar-refractivity contribution in [2.24, 2.45) is 0 Å².